The third kappa shape index (κ3) is 5.11. The van der Waals surface area contributed by atoms with Crippen molar-refractivity contribution in [2.75, 3.05) is 32.9 Å². The van der Waals surface area contributed by atoms with Gasteiger partial charge in [-0.3, -0.25) is 9.69 Å². The molecule has 188 valence electrons. The van der Waals surface area contributed by atoms with Crippen LogP contribution in [0.5, 0.6) is 11.5 Å². The summed E-state index contributed by atoms with van der Waals surface area (Å²) in [5, 5.41) is 9.09. The minimum absolute atomic E-state index is 0.00331. The molecular formula is C26H28F3NO5. The molecule has 0 amide bonds. The molecule has 2 heterocycles. The normalized spacial score (nSPS) is 22.3. The van der Waals surface area contributed by atoms with Gasteiger partial charge < -0.3 is 19.3 Å². The number of halogens is 3. The molecule has 1 unspecified atom stereocenters. The van der Waals surface area contributed by atoms with Crippen LogP contribution in [0.2, 0.25) is 0 Å². The van der Waals surface area contributed by atoms with Crippen LogP contribution in [0, 0.1) is 0 Å². The lowest BCUT2D eigenvalue weighted by Gasteiger charge is -2.24. The second-order valence-corrected chi connectivity index (χ2v) is 9.35. The number of nitrogens with zero attached hydrogens (tertiary/aromatic N) is 1. The molecule has 2 aliphatic heterocycles. The number of rotatable bonds is 6. The van der Waals surface area contributed by atoms with Crippen molar-refractivity contribution >= 4 is 5.97 Å². The maximum absolute atomic E-state index is 13.9. The number of alkyl halides is 3. The van der Waals surface area contributed by atoms with E-state index < -0.39 is 17.7 Å². The lowest BCUT2D eigenvalue weighted by Crippen LogP contribution is -2.28. The molecule has 0 saturated carbocycles. The molecule has 2 atom stereocenters. The van der Waals surface area contributed by atoms with Crippen LogP contribution in [0.25, 0.3) is 0 Å². The molecule has 2 aromatic rings. The second kappa shape index (κ2) is 9.70. The molecule has 3 aliphatic rings. The molecule has 0 radical (unpaired) electrons. The van der Waals surface area contributed by atoms with E-state index >= 15 is 0 Å². The highest BCUT2D eigenvalue weighted by Crippen LogP contribution is 2.44. The Morgan fingerprint density at radius 1 is 1.14 bits per heavy atom. The van der Waals surface area contributed by atoms with Crippen LogP contribution in [0.15, 0.2) is 30.3 Å². The highest BCUT2D eigenvalue weighted by Gasteiger charge is 2.38. The summed E-state index contributed by atoms with van der Waals surface area (Å²) < 4.78 is 59.1. The average molecular weight is 492 g/mol. The molecule has 1 aliphatic carbocycles. The Morgan fingerprint density at radius 3 is 2.77 bits per heavy atom. The summed E-state index contributed by atoms with van der Waals surface area (Å²) in [6.07, 6.45) is -2.87. The van der Waals surface area contributed by atoms with Crippen molar-refractivity contribution in [3.05, 3.63) is 58.1 Å². The van der Waals surface area contributed by atoms with Gasteiger partial charge in [-0.25, -0.2) is 0 Å². The van der Waals surface area contributed by atoms with Crippen LogP contribution in [0.3, 0.4) is 0 Å². The van der Waals surface area contributed by atoms with Gasteiger partial charge in [0.05, 0.1) is 25.2 Å². The Kier molecular flexibility index (Phi) is 6.63. The van der Waals surface area contributed by atoms with Gasteiger partial charge in [0, 0.05) is 43.8 Å². The highest BCUT2D eigenvalue weighted by atomic mass is 19.4. The number of carboxylic acids is 1. The van der Waals surface area contributed by atoms with Gasteiger partial charge in [0.1, 0.15) is 17.6 Å². The van der Waals surface area contributed by atoms with Crippen molar-refractivity contribution in [3.8, 4) is 11.5 Å². The molecule has 1 fully saturated rings. The van der Waals surface area contributed by atoms with Gasteiger partial charge in [0.25, 0.3) is 0 Å². The van der Waals surface area contributed by atoms with E-state index in [0.29, 0.717) is 62.8 Å². The minimum Gasteiger partial charge on any atom is -0.492 e. The summed E-state index contributed by atoms with van der Waals surface area (Å²) >= 11 is 0. The van der Waals surface area contributed by atoms with Crippen LogP contribution in [-0.4, -0.2) is 48.9 Å². The molecule has 9 heteroatoms. The van der Waals surface area contributed by atoms with Crippen molar-refractivity contribution in [2.45, 2.75) is 50.4 Å². The topological polar surface area (TPSA) is 68.2 Å². The lowest BCUT2D eigenvalue weighted by molar-refractivity contribution is -0.139. The molecule has 2 aromatic carbocycles. The molecule has 1 saturated heterocycles. The Balaban J connectivity index is 1.39. The van der Waals surface area contributed by atoms with Crippen molar-refractivity contribution in [2.24, 2.45) is 0 Å². The highest BCUT2D eigenvalue weighted by molar-refractivity contribution is 5.68. The Bertz CT molecular complexity index is 1100. The van der Waals surface area contributed by atoms with Crippen LogP contribution >= 0.6 is 0 Å². The number of hydrogen-bond donors (Lipinski definition) is 1. The maximum atomic E-state index is 13.9. The summed E-state index contributed by atoms with van der Waals surface area (Å²) in [6.45, 7) is 3.02. The van der Waals surface area contributed by atoms with Gasteiger partial charge in [-0.2, -0.15) is 13.2 Å². The summed E-state index contributed by atoms with van der Waals surface area (Å²) in [7, 11) is 0. The zero-order valence-electron chi connectivity index (χ0n) is 19.3. The van der Waals surface area contributed by atoms with Gasteiger partial charge in [-0.05, 0) is 48.1 Å². The van der Waals surface area contributed by atoms with Crippen molar-refractivity contribution < 1.29 is 37.3 Å². The number of fused-ring (bicyclic) bond motifs is 2. The first-order valence-electron chi connectivity index (χ1n) is 12.0. The molecule has 6 nitrogen and oxygen atoms in total. The molecular weight excluding hydrogens is 463 g/mol. The van der Waals surface area contributed by atoms with E-state index in [1.807, 2.05) is 11.0 Å². The van der Waals surface area contributed by atoms with Crippen molar-refractivity contribution in [3.63, 3.8) is 0 Å². The first-order chi connectivity index (χ1) is 16.8. The fourth-order valence-electron chi connectivity index (χ4n) is 5.36. The average Bonchev–Trinajstić information content (AvgIpc) is 3.28. The largest absolute Gasteiger partial charge is 0.492 e. The van der Waals surface area contributed by atoms with Gasteiger partial charge >= 0.3 is 12.1 Å². The predicted octanol–water partition coefficient (Wildman–Crippen LogP) is 4.94. The zero-order valence-corrected chi connectivity index (χ0v) is 19.3. The van der Waals surface area contributed by atoms with E-state index in [9.17, 15) is 18.0 Å². The Hall–Kier alpha value is -2.78. The summed E-state index contributed by atoms with van der Waals surface area (Å²) in [5.41, 5.74) is 2.14. The number of carboxylic acid groups (broad SMARTS) is 1. The van der Waals surface area contributed by atoms with E-state index in [0.717, 1.165) is 23.1 Å². The van der Waals surface area contributed by atoms with Gasteiger partial charge in [0.15, 0.2) is 0 Å². The number of carbonyl (C=O) groups is 1. The summed E-state index contributed by atoms with van der Waals surface area (Å²) in [6, 6.07) is 8.09. The summed E-state index contributed by atoms with van der Waals surface area (Å²) in [4.78, 5) is 13.1. The lowest BCUT2D eigenvalue weighted by atomic mass is 9.96. The summed E-state index contributed by atoms with van der Waals surface area (Å²) in [5.74, 6) is 0.0831. The van der Waals surface area contributed by atoms with E-state index in [4.69, 9.17) is 19.3 Å². The fourth-order valence-corrected chi connectivity index (χ4v) is 5.36. The molecule has 0 aromatic heterocycles. The molecule has 5 rings (SSSR count). The number of benzene rings is 2. The third-order valence-electron chi connectivity index (χ3n) is 7.04. The number of hydrogen-bond acceptors (Lipinski definition) is 5. The first kappa shape index (κ1) is 23.9. The van der Waals surface area contributed by atoms with Crippen molar-refractivity contribution in [1.82, 2.24) is 4.90 Å². The van der Waals surface area contributed by atoms with Crippen LogP contribution in [0.4, 0.5) is 13.2 Å². The Morgan fingerprint density at radius 2 is 1.97 bits per heavy atom. The van der Waals surface area contributed by atoms with E-state index in [1.165, 1.54) is 6.07 Å². The third-order valence-corrected chi connectivity index (χ3v) is 7.04. The zero-order chi connectivity index (χ0) is 24.6. The van der Waals surface area contributed by atoms with Gasteiger partial charge in [-0.1, -0.05) is 12.1 Å². The number of ether oxygens (including phenoxy) is 3. The fraction of sp³-hybridized carbons (Fsp3) is 0.500. The van der Waals surface area contributed by atoms with E-state index in [1.54, 1.807) is 18.2 Å². The van der Waals surface area contributed by atoms with E-state index in [-0.39, 0.29) is 25.0 Å². The van der Waals surface area contributed by atoms with Crippen LogP contribution < -0.4 is 9.47 Å². The SMILES string of the molecule is O=C(O)CC1COc2cc(O[C@@H]3CCc4c3ccc(C(F)(F)F)c4CN3CCCOCC3)ccc21. The van der Waals surface area contributed by atoms with Crippen LogP contribution in [0.1, 0.15) is 59.1 Å². The standard InChI is InChI=1S/C26H28F3NO5/c27-26(28,29)22-6-4-20-19(21(22)14-30-8-1-10-33-11-9-30)5-7-23(20)35-17-2-3-18-16(12-25(31)32)15-34-24(18)13-17/h2-4,6,13,16,23H,1,5,7-12,14-15H2,(H,31,32)/t16?,23-/m1/s1. The van der Waals surface area contributed by atoms with Crippen molar-refractivity contribution in [1.29, 1.82) is 0 Å². The first-order valence-corrected chi connectivity index (χ1v) is 12.0. The number of aliphatic carboxylic acids is 1. The smallest absolute Gasteiger partial charge is 0.416 e. The maximum Gasteiger partial charge on any atom is 0.416 e. The minimum atomic E-state index is -4.42. The predicted molar refractivity (Wildman–Crippen MR) is 121 cm³/mol. The van der Waals surface area contributed by atoms with E-state index in [2.05, 4.69) is 0 Å². The van der Waals surface area contributed by atoms with Gasteiger partial charge in [0.2, 0.25) is 0 Å². The molecule has 1 N–H and O–H groups in total. The monoisotopic (exact) mass is 491 g/mol. The molecule has 0 spiro atoms. The van der Waals surface area contributed by atoms with Gasteiger partial charge in [-0.15, -0.1) is 0 Å². The molecule has 0 bridgehead atoms. The second-order valence-electron chi connectivity index (χ2n) is 9.35. The Labute approximate surface area is 201 Å². The quantitative estimate of drug-likeness (QED) is 0.617. The molecule has 35 heavy (non-hydrogen) atoms. The van der Waals surface area contributed by atoms with Crippen LogP contribution in [-0.2, 0) is 28.7 Å².